The van der Waals surface area contributed by atoms with Crippen LogP contribution in [0.15, 0.2) is 24.0 Å². The van der Waals surface area contributed by atoms with E-state index in [4.69, 9.17) is 0 Å². The predicted octanol–water partition coefficient (Wildman–Crippen LogP) is -2.10. The molecule has 0 aromatic carbocycles. The molecule has 1 aliphatic rings. The van der Waals surface area contributed by atoms with Crippen molar-refractivity contribution in [1.82, 2.24) is 9.80 Å². The van der Waals surface area contributed by atoms with E-state index in [1.165, 1.54) is 5.70 Å². The normalized spacial score (nSPS) is 15.5. The summed E-state index contributed by atoms with van der Waals surface area (Å²) in [6, 6.07) is 0. The second-order valence-corrected chi connectivity index (χ2v) is 2.78. The summed E-state index contributed by atoms with van der Waals surface area (Å²) < 4.78 is 0. The van der Waals surface area contributed by atoms with E-state index in [1.807, 2.05) is 0 Å². The van der Waals surface area contributed by atoms with Crippen LogP contribution < -0.4 is 24.0 Å². The lowest BCUT2D eigenvalue weighted by molar-refractivity contribution is -0.00000219. The van der Waals surface area contributed by atoms with Crippen LogP contribution in [-0.4, -0.2) is 37.5 Å². The maximum atomic E-state index is 2.21. The maximum absolute atomic E-state index is 2.21. The fraction of sp³-hybridized carbons (Fsp3) is 0.500. The molecule has 2 nitrogen and oxygen atoms in total. The van der Waals surface area contributed by atoms with Gasteiger partial charge in [0.05, 0.1) is 0 Å². The van der Waals surface area contributed by atoms with E-state index in [2.05, 4.69) is 49.3 Å². The minimum Gasteiger partial charge on any atom is -1.00 e. The first-order chi connectivity index (χ1) is 4.70. The topological polar surface area (TPSA) is 6.48 Å². The molecule has 64 valence electrons. The molecule has 3 heteroatoms. The highest BCUT2D eigenvalue weighted by Gasteiger charge is 2.00. The smallest absolute Gasteiger partial charge is 0.0373 e. The highest BCUT2D eigenvalue weighted by atomic mass is 127. The van der Waals surface area contributed by atoms with Gasteiger partial charge in [-0.2, -0.15) is 0 Å². The van der Waals surface area contributed by atoms with Gasteiger partial charge in [-0.1, -0.05) is 0 Å². The Morgan fingerprint density at radius 1 is 1.45 bits per heavy atom. The Hall–Kier alpha value is -0.190. The van der Waals surface area contributed by atoms with Gasteiger partial charge in [-0.15, -0.1) is 0 Å². The second kappa shape index (κ2) is 4.64. The van der Waals surface area contributed by atoms with Gasteiger partial charge >= 0.3 is 0 Å². The number of hydrogen-bond acceptors (Lipinski definition) is 2. The molecule has 1 heterocycles. The number of halogens is 1. The first-order valence-electron chi connectivity index (χ1n) is 3.46. The fourth-order valence-corrected chi connectivity index (χ4v) is 0.902. The summed E-state index contributed by atoms with van der Waals surface area (Å²) in [5.41, 5.74) is 1.29. The Labute approximate surface area is 85.6 Å². The van der Waals surface area contributed by atoms with E-state index < -0.39 is 0 Å². The van der Waals surface area contributed by atoms with Gasteiger partial charge < -0.3 is 33.8 Å². The molecule has 0 amide bonds. The van der Waals surface area contributed by atoms with Crippen molar-refractivity contribution in [3.8, 4) is 0 Å². The third-order valence-electron chi connectivity index (χ3n) is 1.60. The van der Waals surface area contributed by atoms with Crippen LogP contribution in [-0.2, 0) is 0 Å². The molecule has 0 saturated heterocycles. The van der Waals surface area contributed by atoms with Crippen LogP contribution in [0.1, 0.15) is 0 Å². The zero-order chi connectivity index (χ0) is 7.56. The van der Waals surface area contributed by atoms with Crippen molar-refractivity contribution in [3.63, 3.8) is 0 Å². The van der Waals surface area contributed by atoms with Gasteiger partial charge in [-0.3, -0.25) is 0 Å². The Balaban J connectivity index is 0.000001000. The Kier molecular flexibility index (Phi) is 4.56. The summed E-state index contributed by atoms with van der Waals surface area (Å²) in [5.74, 6) is 0. The fourth-order valence-electron chi connectivity index (χ4n) is 0.902. The highest BCUT2D eigenvalue weighted by molar-refractivity contribution is 5.20. The SMILES string of the molecule is CN1C=CC(N(C)C)=CC1.[I-]. The van der Waals surface area contributed by atoms with Gasteiger partial charge in [-0.05, 0) is 12.2 Å². The Bertz CT molecular complexity index is 173. The van der Waals surface area contributed by atoms with Gasteiger partial charge in [0.1, 0.15) is 0 Å². The van der Waals surface area contributed by atoms with Crippen LogP contribution in [0.5, 0.6) is 0 Å². The molecule has 0 aliphatic carbocycles. The van der Waals surface area contributed by atoms with E-state index >= 15 is 0 Å². The minimum atomic E-state index is 0. The van der Waals surface area contributed by atoms with Crippen molar-refractivity contribution < 1.29 is 24.0 Å². The average Bonchev–Trinajstić information content (AvgIpc) is 1.88. The van der Waals surface area contributed by atoms with Gasteiger partial charge in [0.2, 0.25) is 0 Å². The van der Waals surface area contributed by atoms with E-state index in [1.54, 1.807) is 0 Å². The van der Waals surface area contributed by atoms with Crippen LogP contribution in [0.3, 0.4) is 0 Å². The van der Waals surface area contributed by atoms with Crippen LogP contribution >= 0.6 is 0 Å². The first-order valence-corrected chi connectivity index (χ1v) is 3.46. The van der Waals surface area contributed by atoms with Gasteiger partial charge in [0, 0.05) is 39.6 Å². The summed E-state index contributed by atoms with van der Waals surface area (Å²) in [6.45, 7) is 1.02. The number of allylic oxidation sites excluding steroid dienone is 1. The molecule has 0 bridgehead atoms. The van der Waals surface area contributed by atoms with Crippen LogP contribution in [0, 0.1) is 0 Å². The lowest BCUT2D eigenvalue weighted by Gasteiger charge is -2.21. The standard InChI is InChI=1S/C8H14N2.HI/c1-9(2)8-4-6-10(3)7-5-8;/h4-6H,7H2,1-3H3;1H/p-1. The predicted molar refractivity (Wildman–Crippen MR) is 43.5 cm³/mol. The number of nitrogens with zero attached hydrogens (tertiary/aromatic N) is 2. The van der Waals surface area contributed by atoms with Crippen LogP contribution in [0.25, 0.3) is 0 Å². The largest absolute Gasteiger partial charge is 1.00 e. The first kappa shape index (κ1) is 10.8. The molecule has 11 heavy (non-hydrogen) atoms. The van der Waals surface area contributed by atoms with Crippen molar-refractivity contribution in [2.45, 2.75) is 0 Å². The summed E-state index contributed by atoms with van der Waals surface area (Å²) in [4.78, 5) is 4.26. The van der Waals surface area contributed by atoms with Gasteiger partial charge in [-0.25, -0.2) is 0 Å². The lowest BCUT2D eigenvalue weighted by Crippen LogP contribution is -3.00. The lowest BCUT2D eigenvalue weighted by atomic mass is 10.3. The van der Waals surface area contributed by atoms with Crippen LogP contribution in [0.4, 0.5) is 0 Å². The van der Waals surface area contributed by atoms with E-state index in [-0.39, 0.29) is 24.0 Å². The van der Waals surface area contributed by atoms with Crippen molar-refractivity contribution in [1.29, 1.82) is 0 Å². The monoisotopic (exact) mass is 265 g/mol. The number of likely N-dealkylation sites (N-methyl/N-ethyl adjacent to an activating group) is 2. The molecule has 0 unspecified atom stereocenters. The molecule has 0 aromatic rings. The molecule has 0 radical (unpaired) electrons. The molecule has 0 spiro atoms. The summed E-state index contributed by atoms with van der Waals surface area (Å²) >= 11 is 0. The summed E-state index contributed by atoms with van der Waals surface area (Å²) in [7, 11) is 6.18. The third-order valence-corrected chi connectivity index (χ3v) is 1.60. The highest BCUT2D eigenvalue weighted by Crippen LogP contribution is 2.06. The molecule has 0 fully saturated rings. The molecule has 0 N–H and O–H groups in total. The Morgan fingerprint density at radius 3 is 2.45 bits per heavy atom. The molecule has 0 aromatic heterocycles. The van der Waals surface area contributed by atoms with Gasteiger partial charge in [0.25, 0.3) is 0 Å². The van der Waals surface area contributed by atoms with E-state index in [0.717, 1.165) is 6.54 Å². The van der Waals surface area contributed by atoms with Crippen molar-refractivity contribution in [3.05, 3.63) is 24.0 Å². The van der Waals surface area contributed by atoms with Crippen LogP contribution in [0.2, 0.25) is 0 Å². The Morgan fingerprint density at radius 2 is 2.09 bits per heavy atom. The number of hydrogen-bond donors (Lipinski definition) is 0. The zero-order valence-corrected chi connectivity index (χ0v) is 9.37. The molecular weight excluding hydrogens is 251 g/mol. The third kappa shape index (κ3) is 3.14. The number of rotatable bonds is 1. The minimum absolute atomic E-state index is 0. The molecule has 1 rings (SSSR count). The van der Waals surface area contributed by atoms with E-state index in [9.17, 15) is 0 Å². The molecule has 0 atom stereocenters. The second-order valence-electron chi connectivity index (χ2n) is 2.78. The van der Waals surface area contributed by atoms with Crippen molar-refractivity contribution in [2.75, 3.05) is 27.7 Å². The molecule has 1 aliphatic heterocycles. The molecule has 0 saturated carbocycles. The zero-order valence-electron chi connectivity index (χ0n) is 7.21. The quantitative estimate of drug-likeness (QED) is 0.501. The van der Waals surface area contributed by atoms with E-state index in [0.29, 0.717) is 0 Å². The van der Waals surface area contributed by atoms with Crippen molar-refractivity contribution >= 4 is 0 Å². The summed E-state index contributed by atoms with van der Waals surface area (Å²) in [6.07, 6.45) is 6.42. The maximum Gasteiger partial charge on any atom is 0.0373 e. The molecular formula is C8H14IN2-. The summed E-state index contributed by atoms with van der Waals surface area (Å²) in [5, 5.41) is 0. The van der Waals surface area contributed by atoms with Gasteiger partial charge in [0.15, 0.2) is 0 Å². The van der Waals surface area contributed by atoms with Crippen molar-refractivity contribution in [2.24, 2.45) is 0 Å². The average molecular weight is 265 g/mol.